The molecule has 2 rings (SSSR count). The highest BCUT2D eigenvalue weighted by molar-refractivity contribution is 7.13. The first-order valence-electron chi connectivity index (χ1n) is 4.63. The molecule has 0 saturated carbocycles. The van der Waals surface area contributed by atoms with E-state index in [4.69, 9.17) is 0 Å². The number of rotatable bonds is 2. The maximum Gasteiger partial charge on any atom is 0.0372 e. The van der Waals surface area contributed by atoms with E-state index in [-0.39, 0.29) is 0 Å². The lowest BCUT2D eigenvalue weighted by Gasteiger charge is -2.03. The van der Waals surface area contributed by atoms with E-state index in [1.165, 1.54) is 16.0 Å². The third kappa shape index (κ3) is 1.66. The van der Waals surface area contributed by atoms with E-state index in [2.05, 4.69) is 48.0 Å². The van der Waals surface area contributed by atoms with Gasteiger partial charge in [-0.1, -0.05) is 12.1 Å². The second kappa shape index (κ2) is 3.84. The molecule has 0 aliphatic heterocycles. The summed E-state index contributed by atoms with van der Waals surface area (Å²) in [6, 6.07) is 10.7. The van der Waals surface area contributed by atoms with Crippen LogP contribution in [0.3, 0.4) is 0 Å². The molecule has 1 aromatic heterocycles. The zero-order chi connectivity index (χ0) is 9.97. The lowest BCUT2D eigenvalue weighted by atomic mass is 10.1. The fraction of sp³-hybridized carbons (Fsp3) is 0.167. The van der Waals surface area contributed by atoms with Gasteiger partial charge in [0.05, 0.1) is 0 Å². The summed E-state index contributed by atoms with van der Waals surface area (Å²) in [5.41, 5.74) is 3.81. The van der Waals surface area contributed by atoms with Gasteiger partial charge >= 0.3 is 0 Å². The molecule has 1 heterocycles. The molecule has 0 fully saturated rings. The Morgan fingerprint density at radius 2 is 2.07 bits per heavy atom. The number of hydrogen-bond donors (Lipinski definition) is 1. The van der Waals surface area contributed by atoms with Crippen LogP contribution in [0, 0.1) is 6.92 Å². The standard InChI is InChI=1S/C12H13NS/c1-9-6-7-14-12(9)10-4-3-5-11(8-10)13-2/h3-8,13H,1-2H3. The molecule has 1 aromatic carbocycles. The van der Waals surface area contributed by atoms with Crippen molar-refractivity contribution < 1.29 is 0 Å². The Morgan fingerprint density at radius 3 is 2.71 bits per heavy atom. The van der Waals surface area contributed by atoms with E-state index in [0.29, 0.717) is 0 Å². The van der Waals surface area contributed by atoms with Crippen LogP contribution >= 0.6 is 11.3 Å². The van der Waals surface area contributed by atoms with Crippen molar-refractivity contribution in [3.63, 3.8) is 0 Å². The molecule has 0 saturated heterocycles. The number of hydrogen-bond acceptors (Lipinski definition) is 2. The summed E-state index contributed by atoms with van der Waals surface area (Å²) in [6.07, 6.45) is 0. The molecule has 0 unspecified atom stereocenters. The van der Waals surface area contributed by atoms with Crippen LogP contribution in [0.4, 0.5) is 5.69 Å². The summed E-state index contributed by atoms with van der Waals surface area (Å²) in [5, 5.41) is 5.29. The van der Waals surface area contributed by atoms with Crippen LogP contribution in [0.1, 0.15) is 5.56 Å². The molecule has 1 nitrogen and oxygen atoms in total. The maximum absolute atomic E-state index is 3.15. The minimum atomic E-state index is 1.16. The average molecular weight is 203 g/mol. The van der Waals surface area contributed by atoms with E-state index < -0.39 is 0 Å². The summed E-state index contributed by atoms with van der Waals surface area (Å²) in [7, 11) is 1.94. The molecule has 0 radical (unpaired) electrons. The molecular weight excluding hydrogens is 190 g/mol. The van der Waals surface area contributed by atoms with Gasteiger partial charge in [-0.25, -0.2) is 0 Å². The largest absolute Gasteiger partial charge is 0.388 e. The summed E-state index contributed by atoms with van der Waals surface area (Å²) >= 11 is 1.79. The van der Waals surface area contributed by atoms with E-state index in [9.17, 15) is 0 Å². The van der Waals surface area contributed by atoms with Crippen molar-refractivity contribution >= 4 is 17.0 Å². The Bertz CT molecular complexity index is 431. The summed E-state index contributed by atoms with van der Waals surface area (Å²) in [6.45, 7) is 2.15. The predicted octanol–water partition coefficient (Wildman–Crippen LogP) is 3.77. The monoisotopic (exact) mass is 203 g/mol. The summed E-state index contributed by atoms with van der Waals surface area (Å²) < 4.78 is 0. The van der Waals surface area contributed by atoms with Crippen LogP contribution in [-0.4, -0.2) is 7.05 Å². The van der Waals surface area contributed by atoms with Gasteiger partial charge in [-0.2, -0.15) is 0 Å². The number of aryl methyl sites for hydroxylation is 1. The Morgan fingerprint density at radius 1 is 1.21 bits per heavy atom. The highest BCUT2D eigenvalue weighted by atomic mass is 32.1. The second-order valence-corrected chi connectivity index (χ2v) is 4.18. The van der Waals surface area contributed by atoms with Gasteiger partial charge in [0.2, 0.25) is 0 Å². The first-order chi connectivity index (χ1) is 6.81. The van der Waals surface area contributed by atoms with Crippen molar-refractivity contribution in [1.29, 1.82) is 0 Å². The van der Waals surface area contributed by atoms with Crippen LogP contribution in [-0.2, 0) is 0 Å². The Balaban J connectivity index is 2.47. The molecule has 1 N–H and O–H groups in total. The van der Waals surface area contributed by atoms with Gasteiger partial charge in [0.1, 0.15) is 0 Å². The van der Waals surface area contributed by atoms with Crippen molar-refractivity contribution in [2.24, 2.45) is 0 Å². The molecule has 2 aromatic rings. The van der Waals surface area contributed by atoms with Crippen LogP contribution in [0.25, 0.3) is 10.4 Å². The third-order valence-corrected chi connectivity index (χ3v) is 3.34. The Kier molecular flexibility index (Phi) is 2.55. The van der Waals surface area contributed by atoms with Crippen molar-refractivity contribution in [3.8, 4) is 10.4 Å². The van der Waals surface area contributed by atoms with Gasteiger partial charge in [0.15, 0.2) is 0 Å². The fourth-order valence-corrected chi connectivity index (χ4v) is 2.41. The highest BCUT2D eigenvalue weighted by Crippen LogP contribution is 2.30. The lowest BCUT2D eigenvalue weighted by molar-refractivity contribution is 1.50. The molecule has 0 aliphatic rings. The van der Waals surface area contributed by atoms with Crippen LogP contribution in [0.15, 0.2) is 35.7 Å². The molecule has 14 heavy (non-hydrogen) atoms. The van der Waals surface area contributed by atoms with E-state index >= 15 is 0 Å². The summed E-state index contributed by atoms with van der Waals surface area (Å²) in [4.78, 5) is 1.36. The topological polar surface area (TPSA) is 12.0 Å². The van der Waals surface area contributed by atoms with Crippen molar-refractivity contribution in [1.82, 2.24) is 0 Å². The number of thiophene rings is 1. The molecule has 0 spiro atoms. The van der Waals surface area contributed by atoms with E-state index in [0.717, 1.165) is 5.69 Å². The van der Waals surface area contributed by atoms with Crippen LogP contribution < -0.4 is 5.32 Å². The van der Waals surface area contributed by atoms with Gasteiger partial charge in [-0.3, -0.25) is 0 Å². The van der Waals surface area contributed by atoms with E-state index in [1.807, 2.05) is 7.05 Å². The Labute approximate surface area is 88.4 Å². The molecule has 72 valence electrons. The Hall–Kier alpha value is -1.28. The normalized spacial score (nSPS) is 10.1. The molecule has 0 aliphatic carbocycles. The zero-order valence-corrected chi connectivity index (χ0v) is 9.19. The van der Waals surface area contributed by atoms with Gasteiger partial charge in [-0.05, 0) is 41.6 Å². The number of benzene rings is 1. The molecular formula is C12H13NS. The maximum atomic E-state index is 3.15. The number of nitrogens with one attached hydrogen (secondary N) is 1. The van der Waals surface area contributed by atoms with Crippen molar-refractivity contribution in [3.05, 3.63) is 41.3 Å². The van der Waals surface area contributed by atoms with Gasteiger partial charge < -0.3 is 5.32 Å². The second-order valence-electron chi connectivity index (χ2n) is 3.26. The van der Waals surface area contributed by atoms with Gasteiger partial charge in [0, 0.05) is 17.6 Å². The summed E-state index contributed by atoms with van der Waals surface area (Å²) in [5.74, 6) is 0. The minimum absolute atomic E-state index is 1.16. The first kappa shape index (κ1) is 9.28. The van der Waals surface area contributed by atoms with Crippen molar-refractivity contribution in [2.45, 2.75) is 6.92 Å². The first-order valence-corrected chi connectivity index (χ1v) is 5.51. The minimum Gasteiger partial charge on any atom is -0.388 e. The average Bonchev–Trinajstić information content (AvgIpc) is 2.65. The SMILES string of the molecule is CNc1cccc(-c2sccc2C)c1. The number of anilines is 1. The zero-order valence-electron chi connectivity index (χ0n) is 8.37. The molecule has 0 amide bonds. The van der Waals surface area contributed by atoms with Gasteiger partial charge in [-0.15, -0.1) is 11.3 Å². The van der Waals surface area contributed by atoms with Crippen molar-refractivity contribution in [2.75, 3.05) is 12.4 Å². The van der Waals surface area contributed by atoms with Gasteiger partial charge in [0.25, 0.3) is 0 Å². The lowest BCUT2D eigenvalue weighted by Crippen LogP contribution is -1.87. The fourth-order valence-electron chi connectivity index (χ4n) is 1.48. The molecule has 2 heteroatoms. The third-order valence-electron chi connectivity index (χ3n) is 2.28. The highest BCUT2D eigenvalue weighted by Gasteiger charge is 2.02. The smallest absolute Gasteiger partial charge is 0.0372 e. The van der Waals surface area contributed by atoms with Crippen LogP contribution in [0.2, 0.25) is 0 Å². The van der Waals surface area contributed by atoms with E-state index in [1.54, 1.807) is 11.3 Å². The quantitative estimate of drug-likeness (QED) is 0.783. The molecule has 0 bridgehead atoms. The molecule has 0 atom stereocenters. The van der Waals surface area contributed by atoms with Crippen LogP contribution in [0.5, 0.6) is 0 Å². The predicted molar refractivity (Wildman–Crippen MR) is 64.0 cm³/mol.